The molecule has 44 heavy (non-hydrogen) atoms. The van der Waals surface area contributed by atoms with Crippen LogP contribution in [0.1, 0.15) is 44.5 Å². The van der Waals surface area contributed by atoms with E-state index in [1.807, 2.05) is 0 Å². The number of nitrogens with zero attached hydrogens (tertiary/aromatic N) is 4. The van der Waals surface area contributed by atoms with Gasteiger partial charge in [0.15, 0.2) is 0 Å². The highest BCUT2D eigenvalue weighted by atomic mass is 15.6. The van der Waals surface area contributed by atoms with Gasteiger partial charge >= 0.3 is 0 Å². The maximum atomic E-state index is 4.78. The predicted molar refractivity (Wildman–Crippen MR) is 185 cm³/mol. The molecule has 5 heteroatoms. The largest absolute Gasteiger partial charge is 0.242 e. The monoisotopic (exact) mass is 574 g/mol. The van der Waals surface area contributed by atoms with Crippen molar-refractivity contribution in [3.8, 4) is 28.2 Å². The zero-order valence-corrected chi connectivity index (χ0v) is 27.0. The van der Waals surface area contributed by atoms with Gasteiger partial charge in [0.2, 0.25) is 12.5 Å². The van der Waals surface area contributed by atoms with Crippen molar-refractivity contribution in [2.75, 3.05) is 0 Å². The van der Waals surface area contributed by atoms with Gasteiger partial charge in [0.05, 0.1) is 5.69 Å². The molecule has 0 saturated heterocycles. The molecule has 0 fully saturated rings. The van der Waals surface area contributed by atoms with Gasteiger partial charge < -0.3 is 0 Å². The maximum absolute atomic E-state index is 4.78. The lowest BCUT2D eigenvalue weighted by Crippen LogP contribution is -2.55. The highest BCUT2D eigenvalue weighted by molar-refractivity contribution is 6.96. The summed E-state index contributed by atoms with van der Waals surface area (Å²) in [6, 6.07) is 33.0. The third-order valence-corrected chi connectivity index (χ3v) is 8.78. The molecule has 6 aromatic rings. The number of aromatic nitrogens is 4. The van der Waals surface area contributed by atoms with E-state index in [0.717, 1.165) is 27.9 Å². The van der Waals surface area contributed by atoms with Crippen molar-refractivity contribution in [3.05, 3.63) is 136 Å². The van der Waals surface area contributed by atoms with Crippen molar-refractivity contribution < 1.29 is 0 Å². The Morgan fingerprint density at radius 2 is 0.977 bits per heavy atom. The number of hydrogen-bond acceptors (Lipinski definition) is 3. The van der Waals surface area contributed by atoms with E-state index in [1.54, 1.807) is 4.80 Å². The molecule has 0 aliphatic heterocycles. The van der Waals surface area contributed by atoms with Gasteiger partial charge in [-0.25, -0.2) is 0 Å². The van der Waals surface area contributed by atoms with Crippen molar-refractivity contribution in [3.63, 3.8) is 0 Å². The minimum absolute atomic E-state index is 0.123. The lowest BCUT2D eigenvalue weighted by molar-refractivity contribution is 0.712. The zero-order chi connectivity index (χ0) is 31.1. The summed E-state index contributed by atoms with van der Waals surface area (Å²) in [5.74, 6) is 0.611. The molecule has 6 rings (SSSR count). The van der Waals surface area contributed by atoms with E-state index in [4.69, 9.17) is 5.10 Å². The number of tetrazole rings is 1. The molecule has 0 spiro atoms. The molecule has 0 aliphatic carbocycles. The van der Waals surface area contributed by atoms with Crippen LogP contribution in [0.15, 0.2) is 91.0 Å². The Kier molecular flexibility index (Phi) is 7.81. The lowest BCUT2D eigenvalue weighted by Gasteiger charge is -2.25. The summed E-state index contributed by atoms with van der Waals surface area (Å²) in [6.07, 6.45) is 0. The highest BCUT2D eigenvalue weighted by Crippen LogP contribution is 2.25. The maximum Gasteiger partial charge on any atom is 0.242 e. The molecule has 0 N–H and O–H groups in total. The Bertz CT molecular complexity index is 1900. The van der Waals surface area contributed by atoms with Crippen molar-refractivity contribution >= 4 is 23.1 Å². The minimum Gasteiger partial charge on any atom is -0.130 e. The summed E-state index contributed by atoms with van der Waals surface area (Å²) in [6.45, 7) is 17.7. The number of hydrogen-bond donors (Lipinski definition) is 0. The van der Waals surface area contributed by atoms with Crippen molar-refractivity contribution in [2.45, 2.75) is 55.4 Å². The molecular weight excluding hydrogens is 535 g/mol. The quantitative estimate of drug-likeness (QED) is 0.202. The number of benzene rings is 5. The first-order valence-corrected chi connectivity index (χ1v) is 15.3. The van der Waals surface area contributed by atoms with Crippen molar-refractivity contribution in [2.24, 2.45) is 0 Å². The van der Waals surface area contributed by atoms with Crippen molar-refractivity contribution in [1.29, 1.82) is 0 Å². The van der Waals surface area contributed by atoms with Crippen molar-refractivity contribution in [1.82, 2.24) is 20.2 Å². The second-order valence-electron chi connectivity index (χ2n) is 12.4. The number of para-hydroxylation sites is 1. The van der Waals surface area contributed by atoms with Gasteiger partial charge in [0, 0.05) is 5.56 Å². The fraction of sp³-hybridized carbons (Fsp3) is 0.205. The van der Waals surface area contributed by atoms with E-state index in [-0.39, 0.29) is 6.71 Å². The first-order chi connectivity index (χ1) is 21.1. The van der Waals surface area contributed by atoms with Crippen LogP contribution in [0.4, 0.5) is 0 Å². The molecule has 0 saturated carbocycles. The van der Waals surface area contributed by atoms with Gasteiger partial charge in [-0.2, -0.15) is 0 Å². The van der Waals surface area contributed by atoms with Crippen LogP contribution in [-0.2, 0) is 0 Å². The Morgan fingerprint density at radius 1 is 0.500 bits per heavy atom. The molecule has 0 radical (unpaired) electrons. The van der Waals surface area contributed by atoms with Crippen LogP contribution in [-0.4, -0.2) is 26.9 Å². The second-order valence-corrected chi connectivity index (χ2v) is 12.4. The van der Waals surface area contributed by atoms with Gasteiger partial charge in [-0.1, -0.05) is 135 Å². The Balaban J connectivity index is 1.45. The standard InChI is InChI=1S/C39H39BN4/c1-24-18-28(5)36(29(6)19-24)40(37-30(7)20-25(2)21-31(37)8)35-17-11-15-33(23-35)32-14-10-16-34(22-32)39-41-43-44(42-39)38-26(3)12-9-13-27(38)4/h9-23H,1-8H3. The summed E-state index contributed by atoms with van der Waals surface area (Å²) in [5, 5.41) is 13.6. The fourth-order valence-corrected chi connectivity index (χ4v) is 7.05. The summed E-state index contributed by atoms with van der Waals surface area (Å²) >= 11 is 0. The smallest absolute Gasteiger partial charge is 0.130 e. The Labute approximate surface area is 261 Å². The van der Waals surface area contributed by atoms with Crippen LogP contribution < -0.4 is 16.4 Å². The molecule has 4 nitrogen and oxygen atoms in total. The summed E-state index contributed by atoms with van der Waals surface area (Å²) < 4.78 is 0. The lowest BCUT2D eigenvalue weighted by atomic mass is 9.34. The average molecular weight is 575 g/mol. The third-order valence-electron chi connectivity index (χ3n) is 8.78. The van der Waals surface area contributed by atoms with Crippen LogP contribution in [0.2, 0.25) is 0 Å². The summed E-state index contributed by atoms with van der Waals surface area (Å²) in [7, 11) is 0. The highest BCUT2D eigenvalue weighted by Gasteiger charge is 2.28. The first-order valence-electron chi connectivity index (χ1n) is 15.3. The number of aryl methyl sites for hydroxylation is 8. The third kappa shape index (κ3) is 5.51. The molecule has 0 bridgehead atoms. The normalized spacial score (nSPS) is 11.2. The molecule has 0 unspecified atom stereocenters. The molecule has 0 atom stereocenters. The topological polar surface area (TPSA) is 43.6 Å². The molecule has 0 amide bonds. The van der Waals surface area contributed by atoms with Crippen LogP contribution in [0, 0.1) is 55.4 Å². The van der Waals surface area contributed by atoms with E-state index in [1.165, 1.54) is 55.3 Å². The number of rotatable bonds is 6. The van der Waals surface area contributed by atoms with Gasteiger partial charge in [-0.15, -0.1) is 15.0 Å². The Morgan fingerprint density at radius 3 is 1.55 bits per heavy atom. The Hall–Kier alpha value is -4.77. The second kappa shape index (κ2) is 11.7. The molecule has 218 valence electrons. The molecular formula is C39H39BN4. The van der Waals surface area contributed by atoms with Gasteiger partial charge in [0.1, 0.15) is 0 Å². The van der Waals surface area contributed by atoms with E-state index in [2.05, 4.69) is 157 Å². The average Bonchev–Trinajstić information content (AvgIpc) is 3.45. The molecule has 1 aromatic heterocycles. The van der Waals surface area contributed by atoms with Gasteiger partial charge in [0.25, 0.3) is 0 Å². The van der Waals surface area contributed by atoms with E-state index >= 15 is 0 Å². The van der Waals surface area contributed by atoms with Crippen LogP contribution >= 0.6 is 0 Å². The van der Waals surface area contributed by atoms with Crippen LogP contribution in [0.3, 0.4) is 0 Å². The fourth-order valence-electron chi connectivity index (χ4n) is 7.05. The van der Waals surface area contributed by atoms with Crippen LogP contribution in [0.25, 0.3) is 28.2 Å². The SMILES string of the molecule is Cc1cc(C)c(B(c2cccc(-c3cccc(-c4nnn(-c5c(C)cccc5C)n4)c3)c2)c2c(C)cc(C)cc2C)c(C)c1. The predicted octanol–water partition coefficient (Wildman–Crippen LogP) is 6.98. The van der Waals surface area contributed by atoms with E-state index in [0.29, 0.717) is 5.82 Å². The molecule has 5 aromatic carbocycles. The first kappa shape index (κ1) is 29.3. The van der Waals surface area contributed by atoms with Crippen LogP contribution in [0.5, 0.6) is 0 Å². The van der Waals surface area contributed by atoms with E-state index < -0.39 is 0 Å². The van der Waals surface area contributed by atoms with Gasteiger partial charge in [-0.3, -0.25) is 0 Å². The zero-order valence-electron chi connectivity index (χ0n) is 27.0. The minimum atomic E-state index is 0.123. The summed E-state index contributed by atoms with van der Waals surface area (Å²) in [5.41, 5.74) is 18.4. The summed E-state index contributed by atoms with van der Waals surface area (Å²) in [4.78, 5) is 1.65. The molecule has 0 aliphatic rings. The van der Waals surface area contributed by atoms with Gasteiger partial charge in [-0.05, 0) is 88.9 Å². The molecule has 1 heterocycles. The van der Waals surface area contributed by atoms with E-state index in [9.17, 15) is 0 Å².